The number of anilines is 1. The number of benzene rings is 1. The molecular weight excluding hydrogens is 310 g/mol. The molecule has 2 aliphatic rings. The van der Waals surface area contributed by atoms with E-state index in [1.807, 2.05) is 43.3 Å². The van der Waals surface area contributed by atoms with Gasteiger partial charge in [0.2, 0.25) is 0 Å². The lowest BCUT2D eigenvalue weighted by Gasteiger charge is -2.29. The van der Waals surface area contributed by atoms with Gasteiger partial charge in [0.05, 0.1) is 11.1 Å². The van der Waals surface area contributed by atoms with Crippen LogP contribution in [0.5, 0.6) is 0 Å². The van der Waals surface area contributed by atoms with Gasteiger partial charge < -0.3 is 4.90 Å². The lowest BCUT2D eigenvalue weighted by Crippen LogP contribution is -2.40. The Morgan fingerprint density at radius 1 is 1.35 bits per heavy atom. The first-order valence-corrected chi connectivity index (χ1v) is 8.65. The van der Waals surface area contributed by atoms with Crippen molar-refractivity contribution in [1.82, 2.24) is 4.31 Å². The van der Waals surface area contributed by atoms with Crippen molar-refractivity contribution in [1.29, 1.82) is 0 Å². The fourth-order valence-corrected chi connectivity index (χ4v) is 4.76. The second kappa shape index (κ2) is 5.54. The van der Waals surface area contributed by atoms with Crippen LogP contribution >= 0.6 is 36.3 Å². The maximum absolute atomic E-state index is 12.3. The van der Waals surface area contributed by atoms with E-state index in [4.69, 9.17) is 4.99 Å². The lowest BCUT2D eigenvalue weighted by molar-refractivity contribution is -0.123. The number of thiol groups is 1. The number of carbonyl (C=O) groups is 1. The number of hydrogen-bond acceptors (Lipinski definition) is 6. The predicted octanol–water partition coefficient (Wildman–Crippen LogP) is 2.64. The van der Waals surface area contributed by atoms with Crippen molar-refractivity contribution in [3.05, 3.63) is 29.8 Å². The number of hydrogen-bond donors (Lipinski definition) is 1. The molecule has 20 heavy (non-hydrogen) atoms. The second-order valence-corrected chi connectivity index (χ2v) is 7.59. The molecule has 1 aromatic carbocycles. The molecule has 1 aromatic rings. The summed E-state index contributed by atoms with van der Waals surface area (Å²) in [5.74, 6) is 0.0371. The van der Waals surface area contributed by atoms with E-state index in [1.54, 1.807) is 16.1 Å². The molecule has 4 nitrogen and oxygen atoms in total. The Kier molecular flexibility index (Phi) is 3.92. The molecule has 3 rings (SSSR count). The maximum atomic E-state index is 12.3. The third-order valence-electron chi connectivity index (χ3n) is 3.30. The van der Waals surface area contributed by atoms with Crippen LogP contribution in [0.15, 0.2) is 29.3 Å². The molecule has 1 saturated heterocycles. The minimum atomic E-state index is -0.407. The van der Waals surface area contributed by atoms with E-state index in [-0.39, 0.29) is 11.9 Å². The number of nitrogens with zero attached hydrogens (tertiary/aromatic N) is 3. The quantitative estimate of drug-likeness (QED) is 0.670. The second-order valence-electron chi connectivity index (χ2n) is 4.81. The highest BCUT2D eigenvalue weighted by atomic mass is 32.2. The van der Waals surface area contributed by atoms with Crippen LogP contribution in [0.3, 0.4) is 0 Å². The fourth-order valence-electron chi connectivity index (χ4n) is 2.16. The number of amidine groups is 1. The molecule has 2 heterocycles. The number of amides is 1. The number of rotatable bonds is 2. The summed E-state index contributed by atoms with van der Waals surface area (Å²) in [6.45, 7) is 0. The Labute approximate surface area is 132 Å². The third-order valence-corrected chi connectivity index (χ3v) is 5.97. The van der Waals surface area contributed by atoms with E-state index in [0.29, 0.717) is 0 Å². The zero-order valence-corrected chi connectivity index (χ0v) is 13.7. The van der Waals surface area contributed by atoms with E-state index >= 15 is 0 Å². The molecule has 0 spiro atoms. The average molecular weight is 325 g/mol. The van der Waals surface area contributed by atoms with Crippen LogP contribution in [-0.4, -0.2) is 39.8 Å². The highest BCUT2D eigenvalue weighted by molar-refractivity contribution is 8.28. The minimum Gasteiger partial charge on any atom is -0.378 e. The van der Waals surface area contributed by atoms with Crippen molar-refractivity contribution in [2.24, 2.45) is 4.99 Å². The molecule has 0 bridgehead atoms. The van der Waals surface area contributed by atoms with Crippen molar-refractivity contribution in [3.63, 3.8) is 0 Å². The highest BCUT2D eigenvalue weighted by Gasteiger charge is 2.40. The summed E-state index contributed by atoms with van der Waals surface area (Å²) in [6, 6.07) is 7.96. The Balaban J connectivity index is 1.92. The molecule has 1 amide bonds. The molecule has 0 N–H and O–H groups in total. The molecule has 2 atom stereocenters. The van der Waals surface area contributed by atoms with Gasteiger partial charge in [-0.1, -0.05) is 23.9 Å². The van der Waals surface area contributed by atoms with Crippen molar-refractivity contribution in [2.75, 3.05) is 24.1 Å². The Hall–Kier alpha value is -0.790. The van der Waals surface area contributed by atoms with Gasteiger partial charge in [0.1, 0.15) is 5.25 Å². The van der Waals surface area contributed by atoms with Crippen LogP contribution in [0.2, 0.25) is 0 Å². The van der Waals surface area contributed by atoms with Gasteiger partial charge in [-0.3, -0.25) is 9.79 Å². The highest BCUT2D eigenvalue weighted by Crippen LogP contribution is 2.41. The number of carbonyl (C=O) groups excluding carboxylic acids is 1. The van der Waals surface area contributed by atoms with Gasteiger partial charge in [-0.05, 0) is 29.6 Å². The van der Waals surface area contributed by atoms with Gasteiger partial charge in [-0.2, -0.15) is 12.6 Å². The standard InChI is InChI=1S/C13H15N3OS3/c1-15(2)9-5-3-8(4-6-9)10-11(18)12(17)16-13(14-10)19-7-20-16/h3-6,10-11,18H,7H2,1-2H3/t10-,11+/m1/s1. The van der Waals surface area contributed by atoms with Gasteiger partial charge >= 0.3 is 0 Å². The van der Waals surface area contributed by atoms with Crippen molar-refractivity contribution in [3.8, 4) is 0 Å². The van der Waals surface area contributed by atoms with Gasteiger partial charge in [-0.15, -0.1) is 0 Å². The summed E-state index contributed by atoms with van der Waals surface area (Å²) in [6.07, 6.45) is 0. The van der Waals surface area contributed by atoms with Gasteiger partial charge in [0.15, 0.2) is 5.17 Å². The largest absolute Gasteiger partial charge is 0.378 e. The molecular formula is C13H15N3OS3. The summed E-state index contributed by atoms with van der Waals surface area (Å²) in [5.41, 5.74) is 2.17. The van der Waals surface area contributed by atoms with Crippen LogP contribution in [0.1, 0.15) is 11.6 Å². The zero-order valence-electron chi connectivity index (χ0n) is 11.2. The molecule has 0 aliphatic carbocycles. The first-order chi connectivity index (χ1) is 9.58. The Morgan fingerprint density at radius 3 is 2.70 bits per heavy atom. The average Bonchev–Trinajstić information content (AvgIpc) is 2.91. The first-order valence-electron chi connectivity index (χ1n) is 6.21. The third kappa shape index (κ3) is 2.42. The van der Waals surface area contributed by atoms with Gasteiger partial charge in [0.25, 0.3) is 5.91 Å². The van der Waals surface area contributed by atoms with Crippen molar-refractivity contribution >= 4 is 53.1 Å². The molecule has 7 heteroatoms. The number of aliphatic imine (C=N–C) groups is 1. The normalized spacial score (nSPS) is 25.4. The van der Waals surface area contributed by atoms with E-state index in [2.05, 4.69) is 12.6 Å². The van der Waals surface area contributed by atoms with E-state index in [1.165, 1.54) is 11.9 Å². The summed E-state index contributed by atoms with van der Waals surface area (Å²) in [5, 5.41) is 1.25. The van der Waals surface area contributed by atoms with Crippen LogP contribution in [0.25, 0.3) is 0 Å². The maximum Gasteiger partial charge on any atom is 0.254 e. The minimum absolute atomic E-state index is 0.0371. The van der Waals surface area contributed by atoms with Crippen LogP contribution in [-0.2, 0) is 4.79 Å². The fraction of sp³-hybridized carbons (Fsp3) is 0.385. The SMILES string of the molecule is CN(C)c1ccc([C@H]2N=C3SCSN3C(=O)[C@H]2S)cc1. The van der Waals surface area contributed by atoms with Gasteiger partial charge in [0, 0.05) is 19.8 Å². The van der Waals surface area contributed by atoms with Crippen LogP contribution < -0.4 is 4.90 Å². The van der Waals surface area contributed by atoms with Crippen LogP contribution in [0.4, 0.5) is 5.69 Å². The molecule has 0 saturated carbocycles. The predicted molar refractivity (Wildman–Crippen MR) is 90.6 cm³/mol. The topological polar surface area (TPSA) is 35.9 Å². The van der Waals surface area contributed by atoms with Crippen molar-refractivity contribution < 1.29 is 4.79 Å². The first kappa shape index (κ1) is 14.2. The monoisotopic (exact) mass is 325 g/mol. The summed E-state index contributed by atoms with van der Waals surface area (Å²) >= 11 is 7.60. The van der Waals surface area contributed by atoms with E-state index < -0.39 is 5.25 Å². The molecule has 0 aromatic heterocycles. The Morgan fingerprint density at radius 2 is 2.05 bits per heavy atom. The summed E-state index contributed by atoms with van der Waals surface area (Å²) in [7, 11) is 4.01. The van der Waals surface area contributed by atoms with E-state index in [0.717, 1.165) is 21.5 Å². The molecule has 106 valence electrons. The number of fused-ring (bicyclic) bond motifs is 1. The molecule has 2 aliphatic heterocycles. The molecule has 0 radical (unpaired) electrons. The Bertz CT molecular complexity index is 558. The van der Waals surface area contributed by atoms with Crippen molar-refractivity contribution in [2.45, 2.75) is 11.3 Å². The van der Waals surface area contributed by atoms with Crippen LogP contribution in [0, 0.1) is 0 Å². The molecule has 1 fully saturated rings. The number of thioether (sulfide) groups is 1. The summed E-state index contributed by atoms with van der Waals surface area (Å²) < 4.78 is 1.67. The van der Waals surface area contributed by atoms with Gasteiger partial charge in [-0.25, -0.2) is 4.31 Å². The zero-order chi connectivity index (χ0) is 14.3. The smallest absolute Gasteiger partial charge is 0.254 e. The van der Waals surface area contributed by atoms with E-state index in [9.17, 15) is 4.79 Å². The molecule has 0 unspecified atom stereocenters. The summed E-state index contributed by atoms with van der Waals surface area (Å²) in [4.78, 5) is 19.0. The lowest BCUT2D eigenvalue weighted by atomic mass is 10.0.